The summed E-state index contributed by atoms with van der Waals surface area (Å²) in [5, 5.41) is 3.07. The van der Waals surface area contributed by atoms with Crippen LogP contribution in [0.15, 0.2) is 18.2 Å². The maximum absolute atomic E-state index is 13.0. The van der Waals surface area contributed by atoms with Gasteiger partial charge in [0.1, 0.15) is 5.41 Å². The number of benzene rings is 1. The van der Waals surface area contributed by atoms with E-state index in [0.717, 1.165) is 55.6 Å². The van der Waals surface area contributed by atoms with Crippen LogP contribution in [0.2, 0.25) is 0 Å². The van der Waals surface area contributed by atoms with Crippen molar-refractivity contribution in [1.29, 1.82) is 0 Å². The van der Waals surface area contributed by atoms with Crippen LogP contribution >= 0.6 is 0 Å². The Balaban J connectivity index is 2.20. The number of likely N-dealkylation sites (tertiary alicyclic amines) is 1. The summed E-state index contributed by atoms with van der Waals surface area (Å²) in [5.74, 6) is -0.267. The van der Waals surface area contributed by atoms with E-state index < -0.39 is 5.41 Å². The Morgan fingerprint density at radius 3 is 2.00 bits per heavy atom. The van der Waals surface area contributed by atoms with Crippen molar-refractivity contribution in [2.24, 2.45) is 5.41 Å². The fourth-order valence-electron chi connectivity index (χ4n) is 3.44. The van der Waals surface area contributed by atoms with Crippen LogP contribution < -0.4 is 5.32 Å². The average Bonchev–Trinajstić information content (AvgIpc) is 2.90. The third kappa shape index (κ3) is 4.42. The zero-order valence-corrected chi connectivity index (χ0v) is 16.2. The first-order valence-corrected chi connectivity index (χ1v) is 9.63. The standard InChI is InChI=1S/C21H32N2O2/c1-5-16-12-11-13-17(6-2)18(16)22-19(24)21(3,4)20(25)23-14-9-7-8-10-15-23/h11-13H,5-10,14-15H2,1-4H3,(H,22,24). The number of rotatable bonds is 5. The summed E-state index contributed by atoms with van der Waals surface area (Å²) in [5.41, 5.74) is 2.06. The van der Waals surface area contributed by atoms with Crippen LogP contribution in [0.5, 0.6) is 0 Å². The molecule has 1 aliphatic heterocycles. The van der Waals surface area contributed by atoms with Crippen LogP contribution in [0.4, 0.5) is 5.69 Å². The van der Waals surface area contributed by atoms with Crippen molar-refractivity contribution in [3.05, 3.63) is 29.3 Å². The maximum Gasteiger partial charge on any atom is 0.239 e. The molecule has 0 aromatic heterocycles. The quantitative estimate of drug-likeness (QED) is 0.815. The van der Waals surface area contributed by atoms with E-state index in [0.29, 0.717) is 0 Å². The van der Waals surface area contributed by atoms with Gasteiger partial charge in [-0.3, -0.25) is 9.59 Å². The Labute approximate surface area is 152 Å². The third-order valence-corrected chi connectivity index (χ3v) is 5.23. The van der Waals surface area contributed by atoms with Crippen LogP contribution in [-0.2, 0) is 22.4 Å². The molecule has 0 bridgehead atoms. The molecule has 0 radical (unpaired) electrons. The second-order valence-electron chi connectivity index (χ2n) is 7.44. The molecule has 1 heterocycles. The van der Waals surface area contributed by atoms with Crippen LogP contribution in [0, 0.1) is 5.41 Å². The molecule has 0 aliphatic carbocycles. The lowest BCUT2D eigenvalue weighted by molar-refractivity contribution is -0.146. The summed E-state index contributed by atoms with van der Waals surface area (Å²) in [4.78, 5) is 27.8. The highest BCUT2D eigenvalue weighted by Crippen LogP contribution is 2.28. The Morgan fingerprint density at radius 1 is 1.00 bits per heavy atom. The lowest BCUT2D eigenvalue weighted by Crippen LogP contribution is -2.47. The topological polar surface area (TPSA) is 49.4 Å². The normalized spacial score (nSPS) is 15.6. The molecule has 0 atom stereocenters. The van der Waals surface area contributed by atoms with Gasteiger partial charge in [-0.05, 0) is 50.7 Å². The molecule has 0 spiro atoms. The average molecular weight is 344 g/mol. The number of anilines is 1. The predicted octanol–water partition coefficient (Wildman–Crippen LogP) is 4.18. The first-order chi connectivity index (χ1) is 11.9. The van der Waals surface area contributed by atoms with Crippen molar-refractivity contribution in [3.63, 3.8) is 0 Å². The van der Waals surface area contributed by atoms with Gasteiger partial charge in [-0.1, -0.05) is 44.9 Å². The fourth-order valence-corrected chi connectivity index (χ4v) is 3.44. The molecule has 0 saturated carbocycles. The van der Waals surface area contributed by atoms with Gasteiger partial charge >= 0.3 is 0 Å². The summed E-state index contributed by atoms with van der Waals surface area (Å²) < 4.78 is 0. The molecule has 2 amide bonds. The van der Waals surface area contributed by atoms with Crippen molar-refractivity contribution in [3.8, 4) is 0 Å². The summed E-state index contributed by atoms with van der Waals surface area (Å²) >= 11 is 0. The lowest BCUT2D eigenvalue weighted by atomic mass is 9.89. The molecule has 4 heteroatoms. The largest absolute Gasteiger partial charge is 0.342 e. The highest BCUT2D eigenvalue weighted by atomic mass is 16.2. The molecule has 1 aliphatic rings. The van der Waals surface area contributed by atoms with Crippen LogP contribution in [0.25, 0.3) is 0 Å². The van der Waals surface area contributed by atoms with Crippen LogP contribution in [-0.4, -0.2) is 29.8 Å². The highest BCUT2D eigenvalue weighted by Gasteiger charge is 2.39. The third-order valence-electron chi connectivity index (χ3n) is 5.23. The smallest absolute Gasteiger partial charge is 0.239 e. The molecule has 2 rings (SSSR count). The summed E-state index contributed by atoms with van der Waals surface area (Å²) in [6, 6.07) is 6.11. The van der Waals surface area contributed by atoms with Gasteiger partial charge in [0, 0.05) is 18.8 Å². The zero-order valence-electron chi connectivity index (χ0n) is 16.2. The van der Waals surface area contributed by atoms with Crippen molar-refractivity contribution in [1.82, 2.24) is 4.90 Å². The van der Waals surface area contributed by atoms with Gasteiger partial charge < -0.3 is 10.2 Å². The summed E-state index contributed by atoms with van der Waals surface area (Å²) in [6.07, 6.45) is 6.10. The van der Waals surface area contributed by atoms with Crippen molar-refractivity contribution < 1.29 is 9.59 Å². The van der Waals surface area contributed by atoms with Gasteiger partial charge in [0.05, 0.1) is 0 Å². The van der Waals surface area contributed by atoms with Gasteiger partial charge in [-0.2, -0.15) is 0 Å². The monoisotopic (exact) mass is 344 g/mol. The Hall–Kier alpha value is -1.84. The lowest BCUT2D eigenvalue weighted by Gasteiger charge is -2.31. The van der Waals surface area contributed by atoms with Gasteiger partial charge in [0.25, 0.3) is 0 Å². The number of amides is 2. The molecule has 1 aromatic rings. The minimum absolute atomic E-state index is 0.0565. The van der Waals surface area contributed by atoms with E-state index in [2.05, 4.69) is 19.2 Å². The Morgan fingerprint density at radius 2 is 1.52 bits per heavy atom. The SMILES string of the molecule is CCc1cccc(CC)c1NC(=O)C(C)(C)C(=O)N1CCCCCC1. The predicted molar refractivity (Wildman–Crippen MR) is 103 cm³/mol. The van der Waals surface area contributed by atoms with E-state index >= 15 is 0 Å². The van der Waals surface area contributed by atoms with E-state index in [1.54, 1.807) is 13.8 Å². The number of nitrogens with one attached hydrogen (secondary N) is 1. The van der Waals surface area contributed by atoms with Crippen molar-refractivity contribution in [2.45, 2.75) is 66.2 Å². The summed E-state index contributed by atoms with van der Waals surface area (Å²) in [6.45, 7) is 9.18. The molecule has 0 unspecified atom stereocenters. The van der Waals surface area contributed by atoms with Gasteiger partial charge in [-0.15, -0.1) is 0 Å². The number of para-hydroxylation sites is 1. The summed E-state index contributed by atoms with van der Waals surface area (Å²) in [7, 11) is 0. The molecular formula is C21H32N2O2. The number of carbonyl (C=O) groups excluding carboxylic acids is 2. The maximum atomic E-state index is 13.0. The number of nitrogens with zero attached hydrogens (tertiary/aromatic N) is 1. The van der Waals surface area contributed by atoms with E-state index in [1.807, 2.05) is 23.1 Å². The van der Waals surface area contributed by atoms with Gasteiger partial charge in [-0.25, -0.2) is 0 Å². The van der Waals surface area contributed by atoms with Gasteiger partial charge in [0.15, 0.2) is 0 Å². The van der Waals surface area contributed by atoms with Crippen LogP contribution in [0.3, 0.4) is 0 Å². The molecule has 1 saturated heterocycles. The Bertz CT molecular complexity index is 592. The number of carbonyl (C=O) groups is 2. The van der Waals surface area contributed by atoms with Gasteiger partial charge in [0.2, 0.25) is 11.8 Å². The first-order valence-electron chi connectivity index (χ1n) is 9.63. The fraction of sp³-hybridized carbons (Fsp3) is 0.619. The van der Waals surface area contributed by atoms with E-state index in [1.165, 1.54) is 12.8 Å². The number of hydrogen-bond acceptors (Lipinski definition) is 2. The van der Waals surface area contributed by atoms with E-state index in [4.69, 9.17) is 0 Å². The Kier molecular flexibility index (Phi) is 6.63. The molecule has 4 nitrogen and oxygen atoms in total. The van der Waals surface area contributed by atoms with Crippen LogP contribution in [0.1, 0.15) is 64.5 Å². The minimum atomic E-state index is -1.06. The second kappa shape index (κ2) is 8.50. The van der Waals surface area contributed by atoms with Crippen molar-refractivity contribution in [2.75, 3.05) is 18.4 Å². The van der Waals surface area contributed by atoms with E-state index in [9.17, 15) is 9.59 Å². The molecule has 25 heavy (non-hydrogen) atoms. The zero-order chi connectivity index (χ0) is 18.4. The van der Waals surface area contributed by atoms with E-state index in [-0.39, 0.29) is 11.8 Å². The molecule has 1 aromatic carbocycles. The minimum Gasteiger partial charge on any atom is -0.342 e. The molecule has 1 N–H and O–H groups in total. The first kappa shape index (κ1) is 19.5. The second-order valence-corrected chi connectivity index (χ2v) is 7.44. The number of aryl methyl sites for hydroxylation is 2. The molecule has 1 fully saturated rings. The molecule has 138 valence electrons. The number of hydrogen-bond donors (Lipinski definition) is 1. The highest BCUT2D eigenvalue weighted by molar-refractivity contribution is 6.10. The molecular weight excluding hydrogens is 312 g/mol. The van der Waals surface area contributed by atoms with Crippen molar-refractivity contribution >= 4 is 17.5 Å².